The summed E-state index contributed by atoms with van der Waals surface area (Å²) in [6.07, 6.45) is 1.47. The molecule has 3 aliphatic heterocycles. The molecule has 3 heterocycles. The molecular formula is C18H20F2N4O3. The average Bonchev–Trinajstić information content (AvgIpc) is 2.98. The van der Waals surface area contributed by atoms with Crippen LogP contribution in [0.3, 0.4) is 0 Å². The first-order chi connectivity index (χ1) is 12.9. The van der Waals surface area contributed by atoms with Gasteiger partial charge in [-0.3, -0.25) is 9.59 Å². The molecule has 1 atom stereocenters. The van der Waals surface area contributed by atoms with E-state index in [2.05, 4.69) is 10.6 Å². The smallest absolute Gasteiger partial charge is 0.318 e. The number of benzene rings is 1. The largest absolute Gasteiger partial charge is 0.355 e. The minimum Gasteiger partial charge on any atom is -0.355 e. The van der Waals surface area contributed by atoms with Gasteiger partial charge in [-0.2, -0.15) is 0 Å². The first kappa shape index (κ1) is 17.7. The number of urea groups is 1. The molecule has 3 saturated heterocycles. The van der Waals surface area contributed by atoms with Gasteiger partial charge >= 0.3 is 6.03 Å². The lowest BCUT2D eigenvalue weighted by Crippen LogP contribution is -2.64. The van der Waals surface area contributed by atoms with Crippen LogP contribution in [-0.4, -0.2) is 55.0 Å². The van der Waals surface area contributed by atoms with Crippen LogP contribution in [0.25, 0.3) is 0 Å². The Morgan fingerprint density at radius 3 is 2.70 bits per heavy atom. The summed E-state index contributed by atoms with van der Waals surface area (Å²) < 4.78 is 27.1. The van der Waals surface area contributed by atoms with Crippen LogP contribution in [0, 0.1) is 17.0 Å². The van der Waals surface area contributed by atoms with Crippen molar-refractivity contribution in [3.63, 3.8) is 0 Å². The van der Waals surface area contributed by atoms with Crippen LogP contribution < -0.4 is 15.5 Å². The number of hydrogen-bond donors (Lipinski definition) is 2. The van der Waals surface area contributed by atoms with E-state index in [0.717, 1.165) is 12.1 Å². The highest BCUT2D eigenvalue weighted by Gasteiger charge is 2.50. The van der Waals surface area contributed by atoms with Gasteiger partial charge in [-0.25, -0.2) is 13.6 Å². The number of piperidine rings is 1. The van der Waals surface area contributed by atoms with Gasteiger partial charge in [0.25, 0.3) is 0 Å². The molecule has 0 saturated carbocycles. The van der Waals surface area contributed by atoms with Crippen LogP contribution >= 0.6 is 0 Å². The number of hydrogen-bond acceptors (Lipinski definition) is 3. The molecule has 4 amide bonds. The molecule has 1 aromatic rings. The normalized spacial score (nSPS) is 24.0. The number of nitrogens with one attached hydrogen (secondary N) is 2. The zero-order chi connectivity index (χ0) is 19.2. The first-order valence-corrected chi connectivity index (χ1v) is 8.95. The highest BCUT2D eigenvalue weighted by molar-refractivity contribution is 6.00. The zero-order valence-electron chi connectivity index (χ0n) is 14.6. The number of carbonyl (C=O) groups is 3. The first-order valence-electron chi connectivity index (χ1n) is 8.95. The third-order valence-electron chi connectivity index (χ3n) is 5.47. The molecule has 0 radical (unpaired) electrons. The van der Waals surface area contributed by atoms with E-state index in [1.54, 1.807) is 4.90 Å². The summed E-state index contributed by atoms with van der Waals surface area (Å²) in [5.41, 5.74) is -0.173. The number of anilines is 1. The minimum absolute atomic E-state index is 0.00511. The van der Waals surface area contributed by atoms with Crippen molar-refractivity contribution in [3.05, 3.63) is 29.8 Å². The fraction of sp³-hybridized carbons (Fsp3) is 0.500. The number of amides is 4. The predicted octanol–water partition coefficient (Wildman–Crippen LogP) is 0.992. The van der Waals surface area contributed by atoms with Gasteiger partial charge in [0, 0.05) is 44.1 Å². The molecule has 0 aromatic heterocycles. The van der Waals surface area contributed by atoms with Gasteiger partial charge in [0.1, 0.15) is 17.7 Å². The molecule has 2 N–H and O–H groups in total. The monoisotopic (exact) mass is 378 g/mol. The van der Waals surface area contributed by atoms with E-state index in [9.17, 15) is 23.2 Å². The maximum absolute atomic E-state index is 14.0. The quantitative estimate of drug-likeness (QED) is 0.805. The minimum atomic E-state index is -0.807. The van der Waals surface area contributed by atoms with Crippen LogP contribution in [0.4, 0.5) is 19.3 Å². The molecule has 144 valence electrons. The van der Waals surface area contributed by atoms with Crippen LogP contribution in [0.2, 0.25) is 0 Å². The number of halogens is 2. The van der Waals surface area contributed by atoms with Gasteiger partial charge in [0.15, 0.2) is 0 Å². The van der Waals surface area contributed by atoms with E-state index in [1.807, 2.05) is 0 Å². The highest BCUT2D eigenvalue weighted by Crippen LogP contribution is 2.36. The van der Waals surface area contributed by atoms with Crippen molar-refractivity contribution < 1.29 is 23.2 Å². The van der Waals surface area contributed by atoms with Crippen molar-refractivity contribution >= 4 is 23.5 Å². The van der Waals surface area contributed by atoms with Crippen LogP contribution in [0.1, 0.15) is 19.3 Å². The summed E-state index contributed by atoms with van der Waals surface area (Å²) in [7, 11) is 0. The number of rotatable bonds is 2. The molecule has 0 aliphatic carbocycles. The average molecular weight is 378 g/mol. The van der Waals surface area contributed by atoms with Crippen LogP contribution in [0.5, 0.6) is 0 Å². The van der Waals surface area contributed by atoms with Gasteiger partial charge in [-0.05, 0) is 25.0 Å². The molecule has 1 aromatic carbocycles. The molecule has 4 rings (SSSR count). The lowest BCUT2D eigenvalue weighted by Gasteiger charge is -2.47. The maximum atomic E-state index is 14.0. The SMILES string of the molecule is O=C1CC2(CN1)CN(C(=O)NC1CCCN(c3ccc(F)cc3F)C1=O)C2. The van der Waals surface area contributed by atoms with Gasteiger partial charge in [-0.1, -0.05) is 0 Å². The van der Waals surface area contributed by atoms with E-state index in [1.165, 1.54) is 11.0 Å². The van der Waals surface area contributed by atoms with E-state index in [0.29, 0.717) is 45.4 Å². The number of nitrogens with zero attached hydrogens (tertiary/aromatic N) is 2. The van der Waals surface area contributed by atoms with Gasteiger partial charge in [-0.15, -0.1) is 0 Å². The lowest BCUT2D eigenvalue weighted by molar-refractivity contribution is -0.121. The van der Waals surface area contributed by atoms with Crippen LogP contribution in [-0.2, 0) is 9.59 Å². The Labute approximate surface area is 154 Å². The molecule has 9 heteroatoms. The van der Waals surface area contributed by atoms with E-state index in [4.69, 9.17) is 0 Å². The van der Waals surface area contributed by atoms with Crippen molar-refractivity contribution in [3.8, 4) is 0 Å². The van der Waals surface area contributed by atoms with Crippen molar-refractivity contribution in [1.82, 2.24) is 15.5 Å². The predicted molar refractivity (Wildman–Crippen MR) is 91.9 cm³/mol. The summed E-state index contributed by atoms with van der Waals surface area (Å²) in [4.78, 5) is 39.3. The zero-order valence-corrected chi connectivity index (χ0v) is 14.6. The number of carbonyl (C=O) groups excluding carboxylic acids is 3. The lowest BCUT2D eigenvalue weighted by atomic mass is 9.79. The van der Waals surface area contributed by atoms with Crippen molar-refractivity contribution in [1.29, 1.82) is 0 Å². The summed E-state index contributed by atoms with van der Waals surface area (Å²) in [5, 5.41) is 5.49. The maximum Gasteiger partial charge on any atom is 0.318 e. The molecule has 0 bridgehead atoms. The van der Waals surface area contributed by atoms with Crippen LogP contribution in [0.15, 0.2) is 18.2 Å². The van der Waals surface area contributed by atoms with Crippen molar-refractivity contribution in [2.75, 3.05) is 31.1 Å². The van der Waals surface area contributed by atoms with Crippen molar-refractivity contribution in [2.45, 2.75) is 25.3 Å². The summed E-state index contributed by atoms with van der Waals surface area (Å²) in [6.45, 7) is 1.81. The second-order valence-corrected chi connectivity index (χ2v) is 7.54. The molecule has 3 fully saturated rings. The number of likely N-dealkylation sites (tertiary alicyclic amines) is 1. The third-order valence-corrected chi connectivity index (χ3v) is 5.47. The Kier molecular flexibility index (Phi) is 4.24. The van der Waals surface area contributed by atoms with Gasteiger partial charge < -0.3 is 20.4 Å². The third kappa shape index (κ3) is 3.22. The standard InChI is InChI=1S/C18H20F2N4O3/c19-11-3-4-14(12(20)6-11)24-5-1-2-13(16(24)26)22-17(27)23-9-18(10-23)7-15(25)21-8-18/h3-4,6,13H,1-2,5,7-10H2,(H,21,25)(H,22,27). The second-order valence-electron chi connectivity index (χ2n) is 7.54. The molecule has 1 unspecified atom stereocenters. The fourth-order valence-electron chi connectivity index (χ4n) is 4.07. The Morgan fingerprint density at radius 2 is 2.04 bits per heavy atom. The fourth-order valence-corrected chi connectivity index (χ4v) is 4.07. The van der Waals surface area contributed by atoms with Gasteiger partial charge in [0.2, 0.25) is 11.8 Å². The molecular weight excluding hydrogens is 358 g/mol. The summed E-state index contributed by atoms with van der Waals surface area (Å²) in [6, 6.07) is 1.96. The Morgan fingerprint density at radius 1 is 1.26 bits per heavy atom. The van der Waals surface area contributed by atoms with E-state index < -0.39 is 23.6 Å². The van der Waals surface area contributed by atoms with E-state index in [-0.39, 0.29) is 23.0 Å². The van der Waals surface area contributed by atoms with E-state index >= 15 is 0 Å². The molecule has 3 aliphatic rings. The van der Waals surface area contributed by atoms with Crippen molar-refractivity contribution in [2.24, 2.45) is 5.41 Å². The molecule has 1 spiro atoms. The molecule has 27 heavy (non-hydrogen) atoms. The Balaban J connectivity index is 1.38. The van der Waals surface area contributed by atoms with Gasteiger partial charge in [0.05, 0.1) is 5.69 Å². The molecule has 7 nitrogen and oxygen atoms in total. The summed E-state index contributed by atoms with van der Waals surface area (Å²) >= 11 is 0. The highest BCUT2D eigenvalue weighted by atomic mass is 19.1. The topological polar surface area (TPSA) is 81.8 Å². The Hall–Kier alpha value is -2.71. The Bertz CT molecular complexity index is 810. The summed E-state index contributed by atoms with van der Waals surface area (Å²) in [5.74, 6) is -1.93. The second kappa shape index (κ2) is 6.47.